The van der Waals surface area contributed by atoms with Gasteiger partial charge in [0.05, 0.1) is 30.5 Å². The molecule has 2 heterocycles. The van der Waals surface area contributed by atoms with E-state index >= 15 is 0 Å². The molecule has 0 saturated heterocycles. The summed E-state index contributed by atoms with van der Waals surface area (Å²) in [5.74, 6) is 1.18. The van der Waals surface area contributed by atoms with Crippen molar-refractivity contribution in [3.05, 3.63) is 87.1 Å². The predicted molar refractivity (Wildman–Crippen MR) is 113 cm³/mol. The van der Waals surface area contributed by atoms with E-state index in [1.165, 1.54) is 0 Å². The van der Waals surface area contributed by atoms with Crippen LogP contribution in [-0.4, -0.2) is 31.2 Å². The maximum atomic E-state index is 12.3. The molecule has 0 radical (unpaired) electrons. The van der Waals surface area contributed by atoms with Crippen molar-refractivity contribution in [2.75, 3.05) is 6.54 Å². The smallest absolute Gasteiger partial charge is 0.288 e. The van der Waals surface area contributed by atoms with Gasteiger partial charge < -0.3 is 9.40 Å². The zero-order chi connectivity index (χ0) is 20.2. The Morgan fingerprint density at radius 3 is 2.69 bits per heavy atom. The summed E-state index contributed by atoms with van der Waals surface area (Å²) in [7, 11) is 0. The van der Waals surface area contributed by atoms with Crippen LogP contribution in [0.1, 0.15) is 24.2 Å². The Hall–Kier alpha value is -3.10. The third-order valence-corrected chi connectivity index (χ3v) is 4.96. The third-order valence-electron chi connectivity index (χ3n) is 4.66. The highest BCUT2D eigenvalue weighted by Gasteiger charge is 2.12. The molecule has 29 heavy (non-hydrogen) atoms. The second-order valence-electron chi connectivity index (χ2n) is 6.74. The van der Waals surface area contributed by atoms with Crippen molar-refractivity contribution in [1.29, 1.82) is 0 Å². The van der Waals surface area contributed by atoms with Crippen LogP contribution in [0.5, 0.6) is 0 Å². The molecule has 148 valence electrons. The largest absolute Gasteiger partial charge is 0.414 e. The van der Waals surface area contributed by atoms with Gasteiger partial charge in [-0.25, -0.2) is 9.67 Å². The third kappa shape index (κ3) is 4.49. The summed E-state index contributed by atoms with van der Waals surface area (Å²) in [5, 5.41) is 5.10. The lowest BCUT2D eigenvalue weighted by molar-refractivity contribution is 0.200. The van der Waals surface area contributed by atoms with Crippen molar-refractivity contribution >= 4 is 23.1 Å². The van der Waals surface area contributed by atoms with Crippen LogP contribution in [0.25, 0.3) is 10.9 Å². The highest BCUT2D eigenvalue weighted by atomic mass is 32.1. The van der Waals surface area contributed by atoms with Crippen molar-refractivity contribution < 1.29 is 4.42 Å². The maximum absolute atomic E-state index is 12.3. The van der Waals surface area contributed by atoms with Gasteiger partial charge in [-0.15, -0.1) is 5.10 Å². The molecule has 2 aromatic carbocycles. The quantitative estimate of drug-likeness (QED) is 0.472. The first-order chi connectivity index (χ1) is 14.1. The van der Waals surface area contributed by atoms with Crippen molar-refractivity contribution in [1.82, 2.24) is 24.6 Å². The Labute approximate surface area is 172 Å². The van der Waals surface area contributed by atoms with Gasteiger partial charge in [-0.1, -0.05) is 49.4 Å². The van der Waals surface area contributed by atoms with Crippen LogP contribution in [0.3, 0.4) is 0 Å². The minimum absolute atomic E-state index is 0.134. The first kappa shape index (κ1) is 19.2. The topological polar surface area (TPSA) is 80.0 Å². The number of rotatable bonds is 7. The van der Waals surface area contributed by atoms with E-state index in [0.717, 1.165) is 12.1 Å². The van der Waals surface area contributed by atoms with E-state index in [9.17, 15) is 4.79 Å². The van der Waals surface area contributed by atoms with Gasteiger partial charge in [-0.05, 0) is 36.5 Å². The van der Waals surface area contributed by atoms with Gasteiger partial charge in [0, 0.05) is 0 Å². The summed E-state index contributed by atoms with van der Waals surface area (Å²) in [6.45, 7) is 3.69. The fourth-order valence-electron chi connectivity index (χ4n) is 3.15. The van der Waals surface area contributed by atoms with Crippen molar-refractivity contribution in [3.63, 3.8) is 0 Å². The molecule has 0 aliphatic carbocycles. The zero-order valence-electron chi connectivity index (χ0n) is 16.0. The number of benzene rings is 2. The first-order valence-corrected chi connectivity index (χ1v) is 9.84. The summed E-state index contributed by atoms with van der Waals surface area (Å²) < 4.78 is 7.32. The van der Waals surface area contributed by atoms with E-state index in [1.54, 1.807) is 10.7 Å². The molecule has 7 nitrogen and oxygen atoms in total. The number of para-hydroxylation sites is 1. The molecule has 4 rings (SSSR count). The van der Waals surface area contributed by atoms with Crippen molar-refractivity contribution in [3.8, 4) is 0 Å². The average molecular weight is 407 g/mol. The Bertz CT molecular complexity index is 1230. The minimum Gasteiger partial charge on any atom is -0.414 e. The summed E-state index contributed by atoms with van der Waals surface area (Å²) in [6, 6.07) is 17.3. The predicted octanol–water partition coefficient (Wildman–Crippen LogP) is 3.51. The molecular formula is C21H21N5O2S. The molecule has 0 fully saturated rings. The molecule has 0 saturated carbocycles. The molecule has 0 atom stereocenters. The molecule has 0 spiro atoms. The van der Waals surface area contributed by atoms with Crippen LogP contribution in [0.2, 0.25) is 0 Å². The molecule has 4 aromatic rings. The van der Waals surface area contributed by atoms with Crippen LogP contribution in [-0.2, 0) is 19.6 Å². The summed E-state index contributed by atoms with van der Waals surface area (Å²) >= 11 is 5.34. The van der Waals surface area contributed by atoms with Crippen LogP contribution < -0.4 is 5.56 Å². The summed E-state index contributed by atoms with van der Waals surface area (Å²) in [5.41, 5.74) is 1.66. The number of hydrogen-bond acceptors (Lipinski definition) is 6. The number of aromatic amines is 1. The van der Waals surface area contributed by atoms with Crippen molar-refractivity contribution in [2.24, 2.45) is 0 Å². The van der Waals surface area contributed by atoms with Gasteiger partial charge in [-0.2, -0.15) is 0 Å². The maximum Gasteiger partial charge on any atom is 0.288 e. The average Bonchev–Trinajstić information content (AvgIpc) is 3.07. The standard InChI is InChI=1S/C21H21N5O2S/c1-2-25(13-18-22-17-11-7-6-10-16(17)20(27)23-18)14-26-21(29)28-19(24-26)12-15-8-4-3-5-9-15/h3-11H,2,12-14H2,1H3,(H,22,23,27). The Morgan fingerprint density at radius 2 is 1.90 bits per heavy atom. The highest BCUT2D eigenvalue weighted by molar-refractivity contribution is 7.71. The van der Waals surface area contributed by atoms with Gasteiger partial charge in [0.15, 0.2) is 0 Å². The van der Waals surface area contributed by atoms with Crippen LogP contribution in [0.15, 0.2) is 63.8 Å². The van der Waals surface area contributed by atoms with E-state index in [2.05, 4.69) is 20.0 Å². The van der Waals surface area contributed by atoms with E-state index in [0.29, 0.717) is 47.1 Å². The van der Waals surface area contributed by atoms with Crippen molar-refractivity contribution in [2.45, 2.75) is 26.6 Å². The molecule has 1 N–H and O–H groups in total. The monoisotopic (exact) mass is 407 g/mol. The van der Waals surface area contributed by atoms with E-state index in [-0.39, 0.29) is 5.56 Å². The van der Waals surface area contributed by atoms with Crippen LogP contribution in [0.4, 0.5) is 0 Å². The fourth-order valence-corrected chi connectivity index (χ4v) is 3.35. The normalized spacial score (nSPS) is 11.4. The number of H-pyrrole nitrogens is 1. The highest BCUT2D eigenvalue weighted by Crippen LogP contribution is 2.11. The minimum atomic E-state index is -0.134. The lowest BCUT2D eigenvalue weighted by atomic mass is 10.2. The summed E-state index contributed by atoms with van der Waals surface area (Å²) in [6.07, 6.45) is 0.586. The molecule has 0 unspecified atom stereocenters. The lowest BCUT2D eigenvalue weighted by Gasteiger charge is -2.19. The number of fused-ring (bicyclic) bond motifs is 1. The van der Waals surface area contributed by atoms with E-state index in [1.807, 2.05) is 55.5 Å². The van der Waals surface area contributed by atoms with Gasteiger partial charge in [0.25, 0.3) is 10.4 Å². The van der Waals surface area contributed by atoms with Gasteiger partial charge in [-0.3, -0.25) is 9.69 Å². The molecule has 0 amide bonds. The first-order valence-electron chi connectivity index (χ1n) is 9.43. The zero-order valence-corrected chi connectivity index (χ0v) is 16.9. The number of nitrogens with zero attached hydrogens (tertiary/aromatic N) is 4. The number of aromatic nitrogens is 4. The molecule has 0 aliphatic heterocycles. The fraction of sp³-hybridized carbons (Fsp3) is 0.238. The van der Waals surface area contributed by atoms with Gasteiger partial charge in [0.1, 0.15) is 5.82 Å². The van der Waals surface area contributed by atoms with Gasteiger partial charge >= 0.3 is 0 Å². The SMILES string of the molecule is CCN(Cc1nc2ccccc2c(=O)[nH]1)Cn1nc(Cc2ccccc2)oc1=S. The molecular weight excluding hydrogens is 386 g/mol. The number of hydrogen-bond donors (Lipinski definition) is 1. The Balaban J connectivity index is 1.51. The number of nitrogens with one attached hydrogen (secondary N) is 1. The van der Waals surface area contributed by atoms with E-state index < -0.39 is 0 Å². The Morgan fingerprint density at radius 1 is 1.14 bits per heavy atom. The lowest BCUT2D eigenvalue weighted by Crippen LogP contribution is -2.28. The Kier molecular flexibility index (Phi) is 5.64. The molecule has 8 heteroatoms. The van der Waals surface area contributed by atoms with Crippen LogP contribution >= 0.6 is 12.2 Å². The molecule has 2 aromatic heterocycles. The summed E-state index contributed by atoms with van der Waals surface area (Å²) in [4.78, 5) is 22.1. The second kappa shape index (κ2) is 8.50. The van der Waals surface area contributed by atoms with E-state index in [4.69, 9.17) is 16.6 Å². The molecule has 0 aliphatic rings. The molecule has 0 bridgehead atoms. The van der Waals surface area contributed by atoms with Crippen LogP contribution in [0, 0.1) is 4.84 Å². The van der Waals surface area contributed by atoms with Gasteiger partial charge in [0.2, 0.25) is 5.89 Å². The second-order valence-corrected chi connectivity index (χ2v) is 7.09.